The first-order chi connectivity index (χ1) is 9.15. The Morgan fingerprint density at radius 1 is 1.32 bits per heavy atom. The maximum atomic E-state index is 11.4. The summed E-state index contributed by atoms with van der Waals surface area (Å²) in [5, 5.41) is 5.92. The molecule has 0 spiro atoms. The lowest BCUT2D eigenvalue weighted by molar-refractivity contribution is -0.120. The number of carbonyl (C=O) groups excluding carboxylic acids is 1. The van der Waals surface area contributed by atoms with Crippen LogP contribution in [0, 0.1) is 6.92 Å². The average molecular weight is 266 g/mol. The largest absolute Gasteiger partial charge is 0.478 e. The van der Waals surface area contributed by atoms with Gasteiger partial charge in [0.15, 0.2) is 0 Å². The Hall–Kier alpha value is -1.85. The molecule has 1 rings (SSSR count). The van der Waals surface area contributed by atoms with Crippen molar-refractivity contribution >= 4 is 11.7 Å². The van der Waals surface area contributed by atoms with Crippen molar-refractivity contribution in [3.63, 3.8) is 0 Å². The van der Waals surface area contributed by atoms with Crippen molar-refractivity contribution in [1.29, 1.82) is 0 Å². The zero-order valence-corrected chi connectivity index (χ0v) is 11.8. The van der Waals surface area contributed by atoms with Gasteiger partial charge in [0.1, 0.15) is 11.6 Å². The van der Waals surface area contributed by atoms with Crippen molar-refractivity contribution in [1.82, 2.24) is 15.3 Å². The van der Waals surface area contributed by atoms with E-state index in [0.717, 1.165) is 13.0 Å². The summed E-state index contributed by atoms with van der Waals surface area (Å²) >= 11 is 0. The summed E-state index contributed by atoms with van der Waals surface area (Å²) in [6, 6.07) is 1.74. The fourth-order valence-electron chi connectivity index (χ4n) is 1.51. The number of aryl methyl sites for hydroxylation is 1. The smallest absolute Gasteiger partial charge is 0.221 e. The minimum atomic E-state index is 0.0464. The van der Waals surface area contributed by atoms with E-state index in [0.29, 0.717) is 37.1 Å². The molecular formula is C13H22N4O2. The van der Waals surface area contributed by atoms with Gasteiger partial charge in [-0.2, -0.15) is 4.98 Å². The van der Waals surface area contributed by atoms with Gasteiger partial charge in [0.05, 0.1) is 6.61 Å². The second-order valence-electron chi connectivity index (χ2n) is 4.10. The van der Waals surface area contributed by atoms with Crippen molar-refractivity contribution in [3.05, 3.63) is 11.9 Å². The monoisotopic (exact) mass is 266 g/mol. The number of rotatable bonds is 8. The Kier molecular flexibility index (Phi) is 6.63. The van der Waals surface area contributed by atoms with Crippen LogP contribution in [0.1, 0.15) is 32.5 Å². The Bertz CT molecular complexity index is 410. The van der Waals surface area contributed by atoms with Gasteiger partial charge in [0.25, 0.3) is 0 Å². The molecule has 0 bridgehead atoms. The van der Waals surface area contributed by atoms with Gasteiger partial charge < -0.3 is 15.4 Å². The lowest BCUT2D eigenvalue weighted by Crippen LogP contribution is -2.26. The number of nitrogens with one attached hydrogen (secondary N) is 2. The van der Waals surface area contributed by atoms with Crippen molar-refractivity contribution in [2.45, 2.75) is 33.6 Å². The van der Waals surface area contributed by atoms with Crippen LogP contribution in [-0.4, -0.2) is 35.6 Å². The third-order valence-electron chi connectivity index (χ3n) is 2.34. The molecule has 0 saturated heterocycles. The number of hydrogen-bond acceptors (Lipinski definition) is 5. The summed E-state index contributed by atoms with van der Waals surface area (Å²) in [7, 11) is 0. The number of carbonyl (C=O) groups is 1. The molecule has 0 aliphatic rings. The van der Waals surface area contributed by atoms with Crippen LogP contribution in [0.15, 0.2) is 6.07 Å². The summed E-state index contributed by atoms with van der Waals surface area (Å²) in [6.07, 6.45) is 1.37. The molecule has 19 heavy (non-hydrogen) atoms. The first kappa shape index (κ1) is 15.2. The second-order valence-corrected chi connectivity index (χ2v) is 4.10. The van der Waals surface area contributed by atoms with Crippen LogP contribution in [0.25, 0.3) is 0 Å². The summed E-state index contributed by atoms with van der Waals surface area (Å²) in [5.41, 5.74) is 0. The van der Waals surface area contributed by atoms with Gasteiger partial charge >= 0.3 is 0 Å². The van der Waals surface area contributed by atoms with Crippen LogP contribution in [0.5, 0.6) is 5.88 Å². The molecule has 1 aromatic rings. The normalized spacial score (nSPS) is 10.1. The lowest BCUT2D eigenvalue weighted by Gasteiger charge is -2.09. The fraction of sp³-hybridized carbons (Fsp3) is 0.615. The number of ether oxygens (including phenoxy) is 1. The summed E-state index contributed by atoms with van der Waals surface area (Å²) in [4.78, 5) is 19.8. The molecule has 1 heterocycles. The van der Waals surface area contributed by atoms with Gasteiger partial charge in [0, 0.05) is 25.6 Å². The van der Waals surface area contributed by atoms with Crippen LogP contribution >= 0.6 is 0 Å². The van der Waals surface area contributed by atoms with E-state index < -0.39 is 0 Å². The molecule has 2 N–H and O–H groups in total. The third kappa shape index (κ3) is 6.03. The van der Waals surface area contributed by atoms with E-state index in [1.54, 1.807) is 6.07 Å². The van der Waals surface area contributed by atoms with E-state index in [-0.39, 0.29) is 5.91 Å². The fourth-order valence-corrected chi connectivity index (χ4v) is 1.51. The topological polar surface area (TPSA) is 76.1 Å². The van der Waals surface area contributed by atoms with Crippen LogP contribution in [0.2, 0.25) is 0 Å². The highest BCUT2D eigenvalue weighted by Crippen LogP contribution is 2.13. The van der Waals surface area contributed by atoms with E-state index >= 15 is 0 Å². The van der Waals surface area contributed by atoms with Crippen LogP contribution in [0.3, 0.4) is 0 Å². The molecule has 0 aromatic carbocycles. The summed E-state index contributed by atoms with van der Waals surface area (Å²) < 4.78 is 5.34. The molecule has 106 valence electrons. The molecule has 0 unspecified atom stereocenters. The van der Waals surface area contributed by atoms with Gasteiger partial charge in [-0.25, -0.2) is 4.98 Å². The van der Waals surface area contributed by atoms with Crippen LogP contribution in [-0.2, 0) is 4.79 Å². The molecule has 1 amide bonds. The molecule has 6 nitrogen and oxygen atoms in total. The number of amides is 1. The standard InChI is InChI=1S/C13H22N4O2/c1-4-7-15-12(18)6-8-14-11-9-13(19-5-2)17-10(3)16-11/h9H,4-8H2,1-3H3,(H,15,18)(H,14,16,17). The first-order valence-electron chi connectivity index (χ1n) is 6.64. The van der Waals surface area contributed by atoms with E-state index in [2.05, 4.69) is 20.6 Å². The van der Waals surface area contributed by atoms with Crippen molar-refractivity contribution in [2.75, 3.05) is 25.0 Å². The summed E-state index contributed by atoms with van der Waals surface area (Å²) in [5.74, 6) is 1.92. The summed E-state index contributed by atoms with van der Waals surface area (Å²) in [6.45, 7) is 7.56. The Labute approximate surface area is 114 Å². The third-order valence-corrected chi connectivity index (χ3v) is 2.34. The number of aromatic nitrogens is 2. The van der Waals surface area contributed by atoms with E-state index in [1.165, 1.54) is 0 Å². The molecule has 0 aliphatic heterocycles. The van der Waals surface area contributed by atoms with Gasteiger partial charge in [-0.05, 0) is 20.3 Å². The van der Waals surface area contributed by atoms with E-state index in [1.807, 2.05) is 20.8 Å². The molecule has 0 atom stereocenters. The molecular weight excluding hydrogens is 244 g/mol. The van der Waals surface area contributed by atoms with Crippen LogP contribution < -0.4 is 15.4 Å². The number of anilines is 1. The minimum Gasteiger partial charge on any atom is -0.478 e. The lowest BCUT2D eigenvalue weighted by atomic mass is 10.3. The second kappa shape index (κ2) is 8.29. The van der Waals surface area contributed by atoms with Crippen molar-refractivity contribution < 1.29 is 9.53 Å². The van der Waals surface area contributed by atoms with Crippen molar-refractivity contribution in [2.24, 2.45) is 0 Å². The molecule has 1 aromatic heterocycles. The Balaban J connectivity index is 2.42. The Morgan fingerprint density at radius 3 is 2.79 bits per heavy atom. The highest BCUT2D eigenvalue weighted by molar-refractivity contribution is 5.76. The zero-order chi connectivity index (χ0) is 14.1. The zero-order valence-electron chi connectivity index (χ0n) is 11.8. The number of hydrogen-bond donors (Lipinski definition) is 2. The SMILES string of the molecule is CCCNC(=O)CCNc1cc(OCC)nc(C)n1. The molecule has 0 saturated carbocycles. The van der Waals surface area contributed by atoms with Crippen LogP contribution in [0.4, 0.5) is 5.82 Å². The van der Waals surface area contributed by atoms with Gasteiger partial charge in [-0.1, -0.05) is 6.92 Å². The van der Waals surface area contributed by atoms with E-state index in [4.69, 9.17) is 4.74 Å². The number of nitrogens with zero attached hydrogens (tertiary/aromatic N) is 2. The molecule has 0 fully saturated rings. The quantitative estimate of drug-likeness (QED) is 0.746. The highest BCUT2D eigenvalue weighted by atomic mass is 16.5. The molecule has 0 radical (unpaired) electrons. The predicted octanol–water partition coefficient (Wildman–Crippen LogP) is 1.51. The first-order valence-corrected chi connectivity index (χ1v) is 6.64. The van der Waals surface area contributed by atoms with Gasteiger partial charge in [-0.3, -0.25) is 4.79 Å². The van der Waals surface area contributed by atoms with E-state index in [9.17, 15) is 4.79 Å². The highest BCUT2D eigenvalue weighted by Gasteiger charge is 2.04. The maximum Gasteiger partial charge on any atom is 0.221 e. The average Bonchev–Trinajstić information content (AvgIpc) is 2.36. The van der Waals surface area contributed by atoms with Gasteiger partial charge in [0.2, 0.25) is 11.8 Å². The van der Waals surface area contributed by atoms with Crippen molar-refractivity contribution in [3.8, 4) is 5.88 Å². The van der Waals surface area contributed by atoms with Gasteiger partial charge in [-0.15, -0.1) is 0 Å². The maximum absolute atomic E-state index is 11.4. The minimum absolute atomic E-state index is 0.0464. The molecule has 6 heteroatoms. The Morgan fingerprint density at radius 2 is 2.11 bits per heavy atom. The molecule has 0 aliphatic carbocycles. The predicted molar refractivity (Wildman–Crippen MR) is 74.3 cm³/mol.